The number of pyridine rings is 1. The Morgan fingerprint density at radius 2 is 2.07 bits per heavy atom. The molecule has 3 aliphatic rings. The first kappa shape index (κ1) is 30.7. The summed E-state index contributed by atoms with van der Waals surface area (Å²) in [7, 11) is 2.06. The van der Waals surface area contributed by atoms with Gasteiger partial charge in [0.2, 0.25) is 6.54 Å². The van der Waals surface area contributed by atoms with Crippen LogP contribution in [0.25, 0.3) is 15.6 Å². The summed E-state index contributed by atoms with van der Waals surface area (Å²) in [5.74, 6) is -1.03. The van der Waals surface area contributed by atoms with Gasteiger partial charge in [-0.05, 0) is 32.9 Å². The van der Waals surface area contributed by atoms with E-state index < -0.39 is 17.8 Å². The fourth-order valence-corrected chi connectivity index (χ4v) is 6.53. The average molecular weight is 615 g/mol. The normalized spacial score (nSPS) is 19.2. The Labute approximate surface area is 263 Å². The van der Waals surface area contributed by atoms with Gasteiger partial charge in [0.05, 0.1) is 43.4 Å². The Hall–Kier alpha value is -4.34. The molecule has 0 saturated carbocycles. The molecule has 5 heterocycles. The summed E-state index contributed by atoms with van der Waals surface area (Å²) in [5.41, 5.74) is 4.15. The Morgan fingerprint density at radius 3 is 2.80 bits per heavy atom. The zero-order valence-corrected chi connectivity index (χ0v) is 26.1. The Balaban J connectivity index is 1.33. The van der Waals surface area contributed by atoms with E-state index in [9.17, 15) is 9.18 Å². The smallest absolute Gasteiger partial charge is 0.318 e. The molecule has 2 atom stereocenters. The van der Waals surface area contributed by atoms with E-state index >= 15 is 0 Å². The number of hydrogen-bond acceptors (Lipinski definition) is 9. The number of halogens is 1. The molecule has 3 aromatic rings. The average Bonchev–Trinajstić information content (AvgIpc) is 2.99. The number of ether oxygens (including phenoxy) is 2. The molecule has 2 fully saturated rings. The minimum atomic E-state index is -1.01. The summed E-state index contributed by atoms with van der Waals surface area (Å²) in [5, 5.41) is 2.27. The number of benzene rings is 1. The lowest BCUT2D eigenvalue weighted by Crippen LogP contribution is -2.57. The summed E-state index contributed by atoms with van der Waals surface area (Å²) < 4.78 is 25.6. The van der Waals surface area contributed by atoms with Crippen molar-refractivity contribution in [1.82, 2.24) is 24.8 Å². The van der Waals surface area contributed by atoms with Crippen LogP contribution in [-0.2, 0) is 22.5 Å². The van der Waals surface area contributed by atoms with Crippen molar-refractivity contribution in [1.29, 1.82) is 0 Å². The molecule has 0 N–H and O–H groups in total. The number of rotatable bonds is 9. The van der Waals surface area contributed by atoms with Crippen LogP contribution in [0.3, 0.4) is 0 Å². The molecule has 6 rings (SSSR count). The highest BCUT2D eigenvalue weighted by atomic mass is 19.1. The van der Waals surface area contributed by atoms with E-state index in [1.807, 2.05) is 25.4 Å². The lowest BCUT2D eigenvalue weighted by atomic mass is 10.0. The highest BCUT2D eigenvalue weighted by Gasteiger charge is 2.36. The monoisotopic (exact) mass is 614 g/mol. The molecule has 11 nitrogen and oxygen atoms in total. The molecule has 0 aliphatic carbocycles. The van der Waals surface area contributed by atoms with E-state index in [0.717, 1.165) is 47.9 Å². The molecule has 3 aliphatic heterocycles. The van der Waals surface area contributed by atoms with Crippen molar-refractivity contribution in [3.05, 3.63) is 71.2 Å². The maximum absolute atomic E-state index is 13.8. The van der Waals surface area contributed by atoms with E-state index in [2.05, 4.69) is 57.2 Å². The maximum atomic E-state index is 13.8. The second-order valence-corrected chi connectivity index (χ2v) is 12.2. The zero-order chi connectivity index (χ0) is 31.7. The number of piperazine rings is 1. The van der Waals surface area contributed by atoms with Gasteiger partial charge in [-0.15, -0.1) is 0 Å². The van der Waals surface area contributed by atoms with Crippen LogP contribution in [0.1, 0.15) is 23.7 Å². The minimum absolute atomic E-state index is 0.0572. The number of aromatic nitrogens is 3. The van der Waals surface area contributed by atoms with Gasteiger partial charge < -0.3 is 29.0 Å². The van der Waals surface area contributed by atoms with E-state index in [1.165, 1.54) is 15.8 Å². The molecule has 236 valence electrons. The van der Waals surface area contributed by atoms with Crippen molar-refractivity contribution in [3.63, 3.8) is 0 Å². The van der Waals surface area contributed by atoms with Crippen molar-refractivity contribution < 1.29 is 18.7 Å². The molecule has 2 saturated heterocycles. The second-order valence-electron chi connectivity index (χ2n) is 12.2. The molecule has 0 spiro atoms. The number of fused-ring (bicyclic) bond motifs is 2. The van der Waals surface area contributed by atoms with E-state index in [-0.39, 0.29) is 19.2 Å². The number of hydrogen-bond donors (Lipinski definition) is 0. The van der Waals surface area contributed by atoms with Crippen molar-refractivity contribution >= 4 is 28.2 Å². The van der Waals surface area contributed by atoms with Crippen molar-refractivity contribution in [2.24, 2.45) is 0 Å². The van der Waals surface area contributed by atoms with Crippen LogP contribution in [-0.4, -0.2) is 108 Å². The SMILES string of the molecule is [C-]#[N+]C[C@H]1CN(c2nc(O[C@H](C)CN(C)C3COC3)nc3c2CCN(c2cncc4cccc(C)c24)C3)CCN1C(=O)C(=C)F. The quantitative estimate of drug-likeness (QED) is 0.266. The van der Waals surface area contributed by atoms with Gasteiger partial charge in [0.25, 0.3) is 5.91 Å². The van der Waals surface area contributed by atoms with Gasteiger partial charge in [0.15, 0.2) is 5.83 Å². The van der Waals surface area contributed by atoms with Crippen LogP contribution in [0, 0.1) is 13.5 Å². The Kier molecular flexibility index (Phi) is 8.83. The van der Waals surface area contributed by atoms with Crippen LogP contribution >= 0.6 is 0 Å². The molecular weight excluding hydrogens is 575 g/mol. The third-order valence-corrected chi connectivity index (χ3v) is 9.01. The first-order valence-corrected chi connectivity index (χ1v) is 15.4. The molecule has 12 heteroatoms. The lowest BCUT2D eigenvalue weighted by Gasteiger charge is -2.41. The van der Waals surface area contributed by atoms with E-state index in [1.54, 1.807) is 0 Å². The Bertz CT molecular complexity index is 1630. The highest BCUT2D eigenvalue weighted by molar-refractivity contribution is 5.96. The summed E-state index contributed by atoms with van der Waals surface area (Å²) >= 11 is 0. The summed E-state index contributed by atoms with van der Waals surface area (Å²) in [6.07, 6.45) is 4.34. The van der Waals surface area contributed by atoms with Gasteiger partial charge in [0, 0.05) is 55.3 Å². The third-order valence-electron chi connectivity index (χ3n) is 9.01. The predicted molar refractivity (Wildman–Crippen MR) is 170 cm³/mol. The number of carbonyl (C=O) groups excluding carboxylic acids is 1. The van der Waals surface area contributed by atoms with E-state index in [4.69, 9.17) is 26.0 Å². The predicted octanol–water partition coefficient (Wildman–Crippen LogP) is 3.41. The van der Waals surface area contributed by atoms with Gasteiger partial charge >= 0.3 is 6.01 Å². The van der Waals surface area contributed by atoms with Crippen molar-refractivity contribution in [2.45, 2.75) is 45.0 Å². The number of aryl methyl sites for hydroxylation is 1. The van der Waals surface area contributed by atoms with Crippen LogP contribution < -0.4 is 14.5 Å². The van der Waals surface area contributed by atoms with Crippen molar-refractivity contribution in [2.75, 3.05) is 69.3 Å². The van der Waals surface area contributed by atoms with E-state index in [0.29, 0.717) is 44.7 Å². The number of amides is 1. The summed E-state index contributed by atoms with van der Waals surface area (Å²) in [6.45, 7) is 19.3. The second kappa shape index (κ2) is 12.9. The van der Waals surface area contributed by atoms with Crippen LogP contribution in [0.5, 0.6) is 6.01 Å². The molecule has 1 aromatic carbocycles. The molecule has 0 radical (unpaired) electrons. The number of nitrogens with zero attached hydrogens (tertiary/aromatic N) is 8. The van der Waals surface area contributed by atoms with Crippen molar-refractivity contribution in [3.8, 4) is 6.01 Å². The molecule has 45 heavy (non-hydrogen) atoms. The van der Waals surface area contributed by atoms with Gasteiger partial charge in [-0.3, -0.25) is 14.7 Å². The number of likely N-dealkylation sites (N-methyl/N-ethyl adjacent to an activating group) is 1. The third kappa shape index (κ3) is 6.28. The van der Waals surface area contributed by atoms with Gasteiger partial charge in [-0.1, -0.05) is 24.8 Å². The zero-order valence-electron chi connectivity index (χ0n) is 26.1. The van der Waals surface area contributed by atoms with Gasteiger partial charge in [-0.25, -0.2) is 11.0 Å². The molecule has 0 bridgehead atoms. The topological polar surface area (TPSA) is 91.5 Å². The first-order chi connectivity index (χ1) is 21.7. The summed E-state index contributed by atoms with van der Waals surface area (Å²) in [6, 6.07) is 6.42. The van der Waals surface area contributed by atoms with Crippen LogP contribution in [0.4, 0.5) is 15.9 Å². The van der Waals surface area contributed by atoms with Crippen LogP contribution in [0.15, 0.2) is 43.0 Å². The fraction of sp³-hybridized carbons (Fsp3) is 0.485. The fourth-order valence-electron chi connectivity index (χ4n) is 6.53. The molecule has 2 aromatic heterocycles. The maximum Gasteiger partial charge on any atom is 0.318 e. The number of anilines is 2. The Morgan fingerprint density at radius 1 is 1.24 bits per heavy atom. The summed E-state index contributed by atoms with van der Waals surface area (Å²) in [4.78, 5) is 38.6. The first-order valence-electron chi connectivity index (χ1n) is 15.4. The van der Waals surface area contributed by atoms with Gasteiger partial charge in [-0.2, -0.15) is 9.97 Å². The van der Waals surface area contributed by atoms with Crippen LogP contribution in [0.2, 0.25) is 0 Å². The van der Waals surface area contributed by atoms with Gasteiger partial charge in [0.1, 0.15) is 18.0 Å². The molecule has 0 unspecified atom stereocenters. The molecule has 1 amide bonds. The standard InChI is InChI=1S/C33H39FN8O3/c1-21-7-6-8-24-13-36-15-29(30(21)24)40-10-9-27-28(18-40)37-33(45-22(2)16-39(5)26-19-44-20-26)38-31(27)41-11-12-42(32(43)23(3)34)25(17-41)14-35-4/h6-8,13,15,22,25-26H,3,9-12,14,16-20H2,1-2,5H3/t22-,25+/m1/s1. The minimum Gasteiger partial charge on any atom is -0.459 e. The largest absolute Gasteiger partial charge is 0.459 e. The lowest BCUT2D eigenvalue weighted by molar-refractivity contribution is -0.131. The number of carbonyl (C=O) groups is 1. The highest BCUT2D eigenvalue weighted by Crippen LogP contribution is 2.35. The molecular formula is C33H39FN8O3.